The molecule has 1 spiro atoms. The maximum absolute atomic E-state index is 11.4. The second kappa shape index (κ2) is 2.97. The van der Waals surface area contributed by atoms with Crippen LogP contribution in [-0.2, 0) is 4.79 Å². The van der Waals surface area contributed by atoms with Crippen molar-refractivity contribution in [1.29, 1.82) is 0 Å². The molecule has 72 valence electrons. The van der Waals surface area contributed by atoms with Gasteiger partial charge in [-0.05, 0) is 32.1 Å². The first kappa shape index (κ1) is 8.98. The predicted octanol–water partition coefficient (Wildman–Crippen LogP) is 3.10. The highest BCUT2D eigenvalue weighted by atomic mass is 16.1. The largest absolute Gasteiger partial charge is 0.300 e. The van der Waals surface area contributed by atoms with E-state index < -0.39 is 0 Å². The fraction of sp³-hybridized carbons (Fsp3) is 0.750. The van der Waals surface area contributed by atoms with Crippen LogP contribution in [0, 0.1) is 11.3 Å². The summed E-state index contributed by atoms with van der Waals surface area (Å²) in [4.78, 5) is 11.4. The van der Waals surface area contributed by atoms with Crippen LogP contribution in [0.4, 0.5) is 0 Å². The Hall–Kier alpha value is -0.590. The van der Waals surface area contributed by atoms with Crippen LogP contribution in [0.3, 0.4) is 0 Å². The molecule has 0 saturated heterocycles. The lowest BCUT2D eigenvalue weighted by molar-refractivity contribution is -0.118. The molecule has 0 heterocycles. The maximum Gasteiger partial charge on any atom is 0.133 e. The molecule has 1 fully saturated rings. The van der Waals surface area contributed by atoms with Crippen molar-refractivity contribution >= 4 is 5.78 Å². The number of carbonyl (C=O) groups excluding carboxylic acids is 1. The van der Waals surface area contributed by atoms with Crippen molar-refractivity contribution in [1.82, 2.24) is 0 Å². The lowest BCUT2D eigenvalue weighted by atomic mass is 9.65. The third kappa shape index (κ3) is 1.25. The van der Waals surface area contributed by atoms with E-state index in [-0.39, 0.29) is 5.41 Å². The Kier molecular flexibility index (Phi) is 2.05. The topological polar surface area (TPSA) is 17.1 Å². The first-order valence-electron chi connectivity index (χ1n) is 5.34. The zero-order valence-corrected chi connectivity index (χ0v) is 8.60. The number of hydrogen-bond donors (Lipinski definition) is 0. The minimum absolute atomic E-state index is 0.273. The summed E-state index contributed by atoms with van der Waals surface area (Å²) in [6.45, 7) is 4.53. The molecule has 2 aliphatic rings. The van der Waals surface area contributed by atoms with E-state index in [1.807, 2.05) is 0 Å². The molecule has 0 N–H and O–H groups in total. The summed E-state index contributed by atoms with van der Waals surface area (Å²) in [7, 11) is 0. The number of Topliss-reactive ketones (excluding diaryl/α,β-unsaturated/α-hetero) is 1. The number of carbonyl (C=O) groups is 1. The first-order valence-corrected chi connectivity index (χ1v) is 5.34. The summed E-state index contributed by atoms with van der Waals surface area (Å²) in [6.07, 6.45) is 7.56. The monoisotopic (exact) mass is 178 g/mol. The summed E-state index contributed by atoms with van der Waals surface area (Å²) >= 11 is 0. The van der Waals surface area contributed by atoms with E-state index in [0.29, 0.717) is 11.7 Å². The smallest absolute Gasteiger partial charge is 0.133 e. The van der Waals surface area contributed by atoms with Crippen molar-refractivity contribution in [3.05, 3.63) is 11.6 Å². The fourth-order valence-corrected chi connectivity index (χ4v) is 3.07. The molecular weight excluding hydrogens is 160 g/mol. The quantitative estimate of drug-likeness (QED) is 0.521. The predicted molar refractivity (Wildman–Crippen MR) is 53.4 cm³/mol. The molecule has 0 radical (unpaired) electrons. The maximum atomic E-state index is 11.4. The Morgan fingerprint density at radius 1 is 1.54 bits per heavy atom. The van der Waals surface area contributed by atoms with Gasteiger partial charge in [0.25, 0.3) is 0 Å². The molecule has 13 heavy (non-hydrogen) atoms. The second-order valence-electron chi connectivity index (χ2n) is 4.74. The molecule has 1 heteroatoms. The van der Waals surface area contributed by atoms with Gasteiger partial charge in [0.05, 0.1) is 0 Å². The SMILES string of the molecule is CC1=CCCC(C)[C@@]12CCC(=O)C2. The van der Waals surface area contributed by atoms with E-state index >= 15 is 0 Å². The average Bonchev–Trinajstić information content (AvgIpc) is 2.46. The lowest BCUT2D eigenvalue weighted by Gasteiger charge is -2.39. The van der Waals surface area contributed by atoms with Crippen LogP contribution in [0.5, 0.6) is 0 Å². The lowest BCUT2D eigenvalue weighted by Crippen LogP contribution is -2.30. The number of allylic oxidation sites excluding steroid dienone is 2. The van der Waals surface area contributed by atoms with Gasteiger partial charge < -0.3 is 0 Å². The van der Waals surface area contributed by atoms with Crippen LogP contribution >= 0.6 is 0 Å². The summed E-state index contributed by atoms with van der Waals surface area (Å²) in [5.41, 5.74) is 1.76. The molecular formula is C12H18O. The van der Waals surface area contributed by atoms with Crippen molar-refractivity contribution in [3.63, 3.8) is 0 Å². The second-order valence-corrected chi connectivity index (χ2v) is 4.74. The highest BCUT2D eigenvalue weighted by Gasteiger charge is 2.44. The van der Waals surface area contributed by atoms with Crippen molar-refractivity contribution in [2.45, 2.75) is 46.0 Å². The van der Waals surface area contributed by atoms with E-state index in [4.69, 9.17) is 0 Å². The van der Waals surface area contributed by atoms with Crippen molar-refractivity contribution in [3.8, 4) is 0 Å². The minimum Gasteiger partial charge on any atom is -0.300 e. The Balaban J connectivity index is 2.32. The molecule has 0 aromatic heterocycles. The molecule has 1 unspecified atom stereocenters. The van der Waals surface area contributed by atoms with Crippen molar-refractivity contribution < 1.29 is 4.79 Å². The minimum atomic E-state index is 0.273. The van der Waals surface area contributed by atoms with Gasteiger partial charge in [-0.3, -0.25) is 4.79 Å². The summed E-state index contributed by atoms with van der Waals surface area (Å²) in [5.74, 6) is 1.19. The Bertz CT molecular complexity index is 264. The highest BCUT2D eigenvalue weighted by molar-refractivity contribution is 5.82. The third-order valence-corrected chi connectivity index (χ3v) is 4.14. The molecule has 2 aliphatic carbocycles. The first-order chi connectivity index (χ1) is 6.15. The Morgan fingerprint density at radius 2 is 2.31 bits per heavy atom. The van der Waals surface area contributed by atoms with Crippen LogP contribution in [0.2, 0.25) is 0 Å². The van der Waals surface area contributed by atoms with Gasteiger partial charge in [0, 0.05) is 18.3 Å². The van der Waals surface area contributed by atoms with Gasteiger partial charge in [0.15, 0.2) is 0 Å². The van der Waals surface area contributed by atoms with Crippen LogP contribution in [0.25, 0.3) is 0 Å². The highest BCUT2D eigenvalue weighted by Crippen LogP contribution is 2.51. The van der Waals surface area contributed by atoms with E-state index in [0.717, 1.165) is 19.3 Å². The van der Waals surface area contributed by atoms with E-state index in [9.17, 15) is 4.79 Å². The van der Waals surface area contributed by atoms with E-state index in [2.05, 4.69) is 19.9 Å². The average molecular weight is 178 g/mol. The number of hydrogen-bond acceptors (Lipinski definition) is 1. The van der Waals surface area contributed by atoms with Gasteiger partial charge in [-0.2, -0.15) is 0 Å². The molecule has 0 amide bonds. The van der Waals surface area contributed by atoms with E-state index in [1.165, 1.54) is 18.4 Å². The molecule has 0 aliphatic heterocycles. The van der Waals surface area contributed by atoms with Gasteiger partial charge in [0.2, 0.25) is 0 Å². The third-order valence-electron chi connectivity index (χ3n) is 4.14. The normalized spacial score (nSPS) is 39.7. The summed E-state index contributed by atoms with van der Waals surface area (Å²) < 4.78 is 0. The zero-order valence-electron chi connectivity index (χ0n) is 8.60. The molecule has 2 atom stereocenters. The van der Waals surface area contributed by atoms with Gasteiger partial charge >= 0.3 is 0 Å². The summed E-state index contributed by atoms with van der Waals surface area (Å²) in [6, 6.07) is 0. The number of ketones is 1. The molecule has 2 rings (SSSR count). The Morgan fingerprint density at radius 3 is 2.85 bits per heavy atom. The van der Waals surface area contributed by atoms with Crippen molar-refractivity contribution in [2.75, 3.05) is 0 Å². The summed E-state index contributed by atoms with van der Waals surface area (Å²) in [5, 5.41) is 0. The zero-order chi connectivity index (χ0) is 9.47. The molecule has 0 bridgehead atoms. The van der Waals surface area contributed by atoms with E-state index in [1.54, 1.807) is 0 Å². The van der Waals surface area contributed by atoms with Crippen LogP contribution in [-0.4, -0.2) is 5.78 Å². The Labute approximate surface area is 80.2 Å². The van der Waals surface area contributed by atoms with Gasteiger partial charge in [-0.1, -0.05) is 18.6 Å². The van der Waals surface area contributed by atoms with Gasteiger partial charge in [-0.15, -0.1) is 0 Å². The molecule has 1 nitrogen and oxygen atoms in total. The standard InChI is InChI=1S/C12H18O/c1-9-4-3-5-10(2)12(9)7-6-11(13)8-12/h4,10H,3,5-8H2,1-2H3/t10?,12-/m1/s1. The van der Waals surface area contributed by atoms with Crippen LogP contribution in [0.15, 0.2) is 11.6 Å². The van der Waals surface area contributed by atoms with Gasteiger partial charge in [0.1, 0.15) is 5.78 Å². The number of rotatable bonds is 0. The van der Waals surface area contributed by atoms with Crippen LogP contribution < -0.4 is 0 Å². The molecule has 0 aromatic carbocycles. The molecule has 1 saturated carbocycles. The molecule has 0 aromatic rings. The van der Waals surface area contributed by atoms with Crippen LogP contribution in [0.1, 0.15) is 46.0 Å². The van der Waals surface area contributed by atoms with Crippen molar-refractivity contribution in [2.24, 2.45) is 11.3 Å². The van der Waals surface area contributed by atoms with Gasteiger partial charge in [-0.25, -0.2) is 0 Å². The fourth-order valence-electron chi connectivity index (χ4n) is 3.07.